The number of hydrogen-bond acceptors (Lipinski definition) is 5. The predicted molar refractivity (Wildman–Crippen MR) is 117 cm³/mol. The molecule has 4 rings (SSSR count). The molecular weight excluding hydrogens is 447 g/mol. The van der Waals surface area contributed by atoms with Gasteiger partial charge >= 0.3 is 0 Å². The zero-order valence-electron chi connectivity index (χ0n) is 15.9. The molecular formula is C21H18Cl2N2O4S. The Morgan fingerprint density at radius 2 is 1.87 bits per heavy atom. The number of carbonyl (C=O) groups is 3. The summed E-state index contributed by atoms with van der Waals surface area (Å²) in [5, 5.41) is 0.546. The SMILES string of the molecule is O=C(CN1C(=O)S/C(=C\c2ccc(-c3cc(Cl)ccc3Cl)o2)C1=O)N1CCCCC1. The van der Waals surface area contributed by atoms with E-state index in [-0.39, 0.29) is 17.4 Å². The molecule has 2 fully saturated rings. The van der Waals surface area contributed by atoms with E-state index in [4.69, 9.17) is 27.6 Å². The second-order valence-corrected chi connectivity index (χ2v) is 8.87. The summed E-state index contributed by atoms with van der Waals surface area (Å²) in [4.78, 5) is 40.3. The highest BCUT2D eigenvalue weighted by Crippen LogP contribution is 2.35. The summed E-state index contributed by atoms with van der Waals surface area (Å²) in [5.74, 6) is 0.199. The third kappa shape index (κ3) is 4.43. The molecule has 3 heterocycles. The van der Waals surface area contributed by atoms with E-state index in [2.05, 4.69) is 0 Å². The van der Waals surface area contributed by atoms with Crippen molar-refractivity contribution < 1.29 is 18.8 Å². The van der Waals surface area contributed by atoms with Gasteiger partial charge in [0.15, 0.2) is 0 Å². The summed E-state index contributed by atoms with van der Waals surface area (Å²) in [7, 11) is 0. The van der Waals surface area contributed by atoms with Crippen LogP contribution in [0.3, 0.4) is 0 Å². The minimum atomic E-state index is -0.492. The monoisotopic (exact) mass is 464 g/mol. The molecule has 3 amide bonds. The zero-order valence-corrected chi connectivity index (χ0v) is 18.2. The van der Waals surface area contributed by atoms with Crippen LogP contribution < -0.4 is 0 Å². The van der Waals surface area contributed by atoms with Crippen LogP contribution in [-0.4, -0.2) is 46.5 Å². The van der Waals surface area contributed by atoms with Crippen LogP contribution in [0.4, 0.5) is 4.79 Å². The van der Waals surface area contributed by atoms with Gasteiger partial charge in [0.25, 0.3) is 11.1 Å². The van der Waals surface area contributed by atoms with E-state index in [9.17, 15) is 14.4 Å². The first kappa shape index (κ1) is 21.0. The van der Waals surface area contributed by atoms with E-state index in [1.165, 1.54) is 6.08 Å². The Morgan fingerprint density at radius 3 is 2.63 bits per heavy atom. The Morgan fingerprint density at radius 1 is 1.10 bits per heavy atom. The average Bonchev–Trinajstić information content (AvgIpc) is 3.30. The zero-order chi connectivity index (χ0) is 21.3. The molecule has 6 nitrogen and oxygen atoms in total. The third-order valence-corrected chi connectivity index (χ3v) is 6.44. The summed E-state index contributed by atoms with van der Waals surface area (Å²) in [5.41, 5.74) is 0.629. The molecule has 0 radical (unpaired) electrons. The molecule has 2 aliphatic rings. The van der Waals surface area contributed by atoms with E-state index in [1.54, 1.807) is 35.2 Å². The molecule has 2 aliphatic heterocycles. The van der Waals surface area contributed by atoms with E-state index < -0.39 is 11.1 Å². The molecule has 0 unspecified atom stereocenters. The number of nitrogens with zero attached hydrogens (tertiary/aromatic N) is 2. The Labute approximate surface area is 187 Å². The van der Waals surface area contributed by atoms with Gasteiger partial charge in [-0.15, -0.1) is 0 Å². The minimum Gasteiger partial charge on any atom is -0.457 e. The Kier molecular flexibility index (Phi) is 6.22. The molecule has 1 aromatic carbocycles. The topological polar surface area (TPSA) is 70.8 Å². The smallest absolute Gasteiger partial charge is 0.294 e. The first-order chi connectivity index (χ1) is 14.4. The highest BCUT2D eigenvalue weighted by atomic mass is 35.5. The van der Waals surface area contributed by atoms with Crippen molar-refractivity contribution in [1.29, 1.82) is 0 Å². The second-order valence-electron chi connectivity index (χ2n) is 7.04. The Hall–Kier alpha value is -2.22. The van der Waals surface area contributed by atoms with E-state index >= 15 is 0 Å². The normalized spacial score (nSPS) is 18.5. The first-order valence-corrected chi connectivity index (χ1v) is 11.1. The van der Waals surface area contributed by atoms with Crippen molar-refractivity contribution in [1.82, 2.24) is 9.80 Å². The van der Waals surface area contributed by atoms with Crippen LogP contribution in [0.15, 0.2) is 39.7 Å². The van der Waals surface area contributed by atoms with Gasteiger partial charge in [-0.2, -0.15) is 0 Å². The molecule has 9 heteroatoms. The fraction of sp³-hybridized carbons (Fsp3) is 0.286. The summed E-state index contributed by atoms with van der Waals surface area (Å²) < 4.78 is 5.77. The number of rotatable bonds is 4. The van der Waals surface area contributed by atoms with Crippen LogP contribution >= 0.6 is 35.0 Å². The van der Waals surface area contributed by atoms with Crippen molar-refractivity contribution in [2.45, 2.75) is 19.3 Å². The van der Waals surface area contributed by atoms with Gasteiger partial charge in [-0.1, -0.05) is 23.2 Å². The van der Waals surface area contributed by atoms with E-state index in [0.29, 0.717) is 40.2 Å². The summed E-state index contributed by atoms with van der Waals surface area (Å²) in [6.45, 7) is 1.11. The van der Waals surface area contributed by atoms with Gasteiger partial charge in [-0.25, -0.2) is 0 Å². The minimum absolute atomic E-state index is 0.200. The van der Waals surface area contributed by atoms with Crippen molar-refractivity contribution in [3.05, 3.63) is 51.0 Å². The number of hydrogen-bond donors (Lipinski definition) is 0. The van der Waals surface area contributed by atoms with Crippen molar-refractivity contribution in [3.8, 4) is 11.3 Å². The number of benzene rings is 1. The van der Waals surface area contributed by atoms with Crippen molar-refractivity contribution >= 4 is 58.1 Å². The maximum absolute atomic E-state index is 12.7. The van der Waals surface area contributed by atoms with Crippen molar-refractivity contribution in [2.24, 2.45) is 0 Å². The van der Waals surface area contributed by atoms with E-state index in [0.717, 1.165) is 35.9 Å². The number of piperidine rings is 1. The second kappa shape index (κ2) is 8.88. The van der Waals surface area contributed by atoms with Gasteiger partial charge in [0.2, 0.25) is 5.91 Å². The number of thioether (sulfide) groups is 1. The van der Waals surface area contributed by atoms with Gasteiger partial charge in [-0.3, -0.25) is 19.3 Å². The van der Waals surface area contributed by atoms with Crippen molar-refractivity contribution in [2.75, 3.05) is 19.6 Å². The van der Waals surface area contributed by atoms with Gasteiger partial charge in [0.05, 0.1) is 9.93 Å². The standard InChI is InChI=1S/C21H18Cl2N2O4S/c22-13-4-6-16(23)15(10-13)17-7-5-14(29-17)11-18-20(27)25(21(28)30-18)12-19(26)24-8-2-1-3-9-24/h4-7,10-11H,1-3,8-9,12H2/b18-11-. The van der Waals surface area contributed by atoms with Gasteiger partial charge in [0.1, 0.15) is 18.1 Å². The number of likely N-dealkylation sites (tertiary alicyclic amines) is 1. The summed E-state index contributed by atoms with van der Waals surface area (Å²) >= 11 is 13.0. The van der Waals surface area contributed by atoms with Crippen LogP contribution in [0.2, 0.25) is 10.0 Å². The first-order valence-electron chi connectivity index (χ1n) is 9.51. The Balaban J connectivity index is 1.49. The van der Waals surface area contributed by atoms with Crippen LogP contribution in [0, 0.1) is 0 Å². The molecule has 0 atom stereocenters. The number of amides is 3. The van der Waals surface area contributed by atoms with Gasteiger partial charge in [-0.05, 0) is 61.4 Å². The van der Waals surface area contributed by atoms with E-state index in [1.807, 2.05) is 0 Å². The lowest BCUT2D eigenvalue weighted by atomic mass is 10.1. The van der Waals surface area contributed by atoms with Crippen LogP contribution in [0.25, 0.3) is 17.4 Å². The molecule has 0 saturated carbocycles. The van der Waals surface area contributed by atoms with Gasteiger partial charge < -0.3 is 9.32 Å². The molecule has 0 spiro atoms. The number of carbonyl (C=O) groups excluding carboxylic acids is 3. The maximum Gasteiger partial charge on any atom is 0.294 e. The molecule has 0 N–H and O–H groups in total. The molecule has 2 aromatic rings. The molecule has 0 bridgehead atoms. The lowest BCUT2D eigenvalue weighted by molar-refractivity contribution is -0.136. The van der Waals surface area contributed by atoms with Gasteiger partial charge in [0, 0.05) is 29.8 Å². The van der Waals surface area contributed by atoms with Crippen molar-refractivity contribution in [3.63, 3.8) is 0 Å². The predicted octanol–water partition coefficient (Wildman–Crippen LogP) is 5.30. The summed E-state index contributed by atoms with van der Waals surface area (Å²) in [6.07, 6.45) is 4.49. The summed E-state index contributed by atoms with van der Waals surface area (Å²) in [6, 6.07) is 8.43. The molecule has 30 heavy (non-hydrogen) atoms. The largest absolute Gasteiger partial charge is 0.457 e. The highest BCUT2D eigenvalue weighted by molar-refractivity contribution is 8.18. The van der Waals surface area contributed by atoms with Crippen LogP contribution in [0.5, 0.6) is 0 Å². The quantitative estimate of drug-likeness (QED) is 0.573. The maximum atomic E-state index is 12.7. The van der Waals surface area contributed by atoms with Crippen LogP contribution in [0.1, 0.15) is 25.0 Å². The van der Waals surface area contributed by atoms with Crippen LogP contribution in [-0.2, 0) is 9.59 Å². The number of imide groups is 1. The lowest BCUT2D eigenvalue weighted by Gasteiger charge is -2.27. The fourth-order valence-electron chi connectivity index (χ4n) is 3.41. The number of halogens is 2. The average molecular weight is 465 g/mol. The molecule has 156 valence electrons. The number of furan rings is 1. The third-order valence-electron chi connectivity index (χ3n) is 4.97. The lowest BCUT2D eigenvalue weighted by Crippen LogP contribution is -2.44. The molecule has 1 aromatic heterocycles. The molecule has 2 saturated heterocycles. The fourth-order valence-corrected chi connectivity index (χ4v) is 4.61. The molecule has 0 aliphatic carbocycles. The Bertz CT molecular complexity index is 1040. The highest BCUT2D eigenvalue weighted by Gasteiger charge is 2.37.